The lowest BCUT2D eigenvalue weighted by molar-refractivity contribution is 0.00627. The van der Waals surface area contributed by atoms with Crippen LogP contribution < -0.4 is 0 Å². The van der Waals surface area contributed by atoms with Gasteiger partial charge in [0.15, 0.2) is 10.4 Å². The van der Waals surface area contributed by atoms with E-state index in [-0.39, 0.29) is 11.7 Å². The third kappa shape index (κ3) is 3.37. The summed E-state index contributed by atoms with van der Waals surface area (Å²) in [4.78, 5) is 16.5. The summed E-state index contributed by atoms with van der Waals surface area (Å²) in [5, 5.41) is 7.92. The fraction of sp³-hybridized carbons (Fsp3) is 0.571. The Morgan fingerprint density at radius 3 is 2.55 bits per heavy atom. The fourth-order valence-corrected chi connectivity index (χ4v) is 2.43. The van der Waals surface area contributed by atoms with E-state index in [2.05, 4.69) is 31.2 Å². The van der Waals surface area contributed by atoms with E-state index < -0.39 is 11.6 Å². The largest absolute Gasteiger partial charge is 0.455 e. The molecule has 0 bridgehead atoms. The molecular weight excluding hydrogens is 350 g/mol. The number of imidazole rings is 1. The highest BCUT2D eigenvalue weighted by molar-refractivity contribution is 9.10. The fourth-order valence-electron chi connectivity index (χ4n) is 1.98. The molecule has 0 fully saturated rings. The van der Waals surface area contributed by atoms with Gasteiger partial charge in [-0.1, -0.05) is 5.21 Å². The van der Waals surface area contributed by atoms with Crippen molar-refractivity contribution in [1.82, 2.24) is 24.5 Å². The highest BCUT2D eigenvalue weighted by atomic mass is 79.9. The van der Waals surface area contributed by atoms with Crippen LogP contribution in [0.4, 0.5) is 0 Å². The van der Waals surface area contributed by atoms with Crippen molar-refractivity contribution in [2.75, 3.05) is 0 Å². The van der Waals surface area contributed by atoms with Gasteiger partial charge in [0.25, 0.3) is 0 Å². The Kier molecular flexibility index (Phi) is 4.42. The van der Waals surface area contributed by atoms with Crippen LogP contribution in [0.15, 0.2) is 10.9 Å². The molecule has 0 N–H and O–H groups in total. The summed E-state index contributed by atoms with van der Waals surface area (Å²) in [6, 6.07) is -0.138. The van der Waals surface area contributed by atoms with Gasteiger partial charge in [-0.2, -0.15) is 0 Å². The highest BCUT2D eigenvalue weighted by Crippen LogP contribution is 2.23. The van der Waals surface area contributed by atoms with Gasteiger partial charge in [-0.3, -0.25) is 0 Å². The lowest BCUT2D eigenvalue weighted by atomic mass is 10.2. The van der Waals surface area contributed by atoms with E-state index in [1.54, 1.807) is 10.9 Å². The molecule has 8 heteroatoms. The number of hydrogen-bond acceptors (Lipinski definition) is 5. The number of halogens is 1. The summed E-state index contributed by atoms with van der Waals surface area (Å²) >= 11 is 3.40. The van der Waals surface area contributed by atoms with Gasteiger partial charge in [0.1, 0.15) is 5.60 Å². The molecule has 2 heterocycles. The Balaban J connectivity index is 2.24. The first-order chi connectivity index (χ1) is 10.1. The van der Waals surface area contributed by atoms with Crippen molar-refractivity contribution in [3.8, 4) is 0 Å². The number of rotatable bonds is 3. The average Bonchev–Trinajstić information content (AvgIpc) is 2.98. The van der Waals surface area contributed by atoms with Crippen molar-refractivity contribution in [2.24, 2.45) is 7.05 Å². The molecule has 0 aliphatic heterocycles. The van der Waals surface area contributed by atoms with Crippen LogP contribution in [0.5, 0.6) is 0 Å². The minimum absolute atomic E-state index is 0.138. The second-order valence-electron chi connectivity index (χ2n) is 6.17. The zero-order valence-electron chi connectivity index (χ0n) is 13.6. The molecule has 1 unspecified atom stereocenters. The van der Waals surface area contributed by atoms with Gasteiger partial charge < -0.3 is 9.30 Å². The smallest absolute Gasteiger partial charge is 0.361 e. The quantitative estimate of drug-likeness (QED) is 0.777. The average molecular weight is 370 g/mol. The Morgan fingerprint density at radius 1 is 1.41 bits per heavy atom. The van der Waals surface area contributed by atoms with Gasteiger partial charge in [-0.05, 0) is 50.5 Å². The van der Waals surface area contributed by atoms with Crippen molar-refractivity contribution in [2.45, 2.75) is 46.3 Å². The SMILES string of the molecule is Cc1c(C(C)n2cc(C(=O)OC(C)(C)C)nn2)nc(Br)n1C. The van der Waals surface area contributed by atoms with Gasteiger partial charge in [0.05, 0.1) is 17.9 Å². The van der Waals surface area contributed by atoms with Gasteiger partial charge in [-0.15, -0.1) is 5.10 Å². The van der Waals surface area contributed by atoms with Crippen LogP contribution in [-0.2, 0) is 11.8 Å². The molecule has 0 saturated carbocycles. The Bertz CT molecular complexity index is 699. The van der Waals surface area contributed by atoms with Crippen LogP contribution in [0.2, 0.25) is 0 Å². The van der Waals surface area contributed by atoms with Crippen LogP contribution in [-0.4, -0.2) is 36.1 Å². The van der Waals surface area contributed by atoms with Crippen molar-refractivity contribution < 1.29 is 9.53 Å². The molecule has 120 valence electrons. The summed E-state index contributed by atoms with van der Waals surface area (Å²) in [5.41, 5.74) is 1.52. The molecule has 0 radical (unpaired) electrons. The molecule has 1 atom stereocenters. The number of ether oxygens (including phenoxy) is 1. The third-order valence-electron chi connectivity index (χ3n) is 3.27. The number of carbonyl (C=O) groups is 1. The minimum atomic E-state index is -0.561. The first kappa shape index (κ1) is 16.7. The van der Waals surface area contributed by atoms with Crippen LogP contribution >= 0.6 is 15.9 Å². The summed E-state index contributed by atoms with van der Waals surface area (Å²) in [6.45, 7) is 9.37. The number of nitrogens with zero attached hydrogens (tertiary/aromatic N) is 5. The summed E-state index contributed by atoms with van der Waals surface area (Å²) in [6.07, 6.45) is 1.58. The molecule has 0 saturated heterocycles. The van der Waals surface area contributed by atoms with Crippen molar-refractivity contribution in [1.29, 1.82) is 0 Å². The second kappa shape index (κ2) is 5.83. The number of hydrogen-bond donors (Lipinski definition) is 0. The number of aromatic nitrogens is 5. The molecule has 0 aromatic carbocycles. The number of esters is 1. The zero-order chi connectivity index (χ0) is 16.7. The normalized spacial score (nSPS) is 13.2. The molecule has 2 rings (SSSR count). The third-order valence-corrected chi connectivity index (χ3v) is 3.98. The molecular formula is C14H20BrN5O2. The molecule has 0 aliphatic carbocycles. The van der Waals surface area contributed by atoms with E-state index >= 15 is 0 Å². The van der Waals surface area contributed by atoms with Crippen LogP contribution in [0.1, 0.15) is 55.6 Å². The van der Waals surface area contributed by atoms with Gasteiger partial charge in [0.2, 0.25) is 0 Å². The first-order valence-corrected chi connectivity index (χ1v) is 7.73. The van der Waals surface area contributed by atoms with E-state index in [0.717, 1.165) is 16.1 Å². The maximum Gasteiger partial charge on any atom is 0.361 e. The van der Waals surface area contributed by atoms with Crippen molar-refractivity contribution in [3.05, 3.63) is 28.0 Å². The lowest BCUT2D eigenvalue weighted by Gasteiger charge is -2.18. The van der Waals surface area contributed by atoms with E-state index in [0.29, 0.717) is 0 Å². The van der Waals surface area contributed by atoms with E-state index in [1.807, 2.05) is 46.2 Å². The standard InChI is InChI=1S/C14H20BrN5O2/c1-8-11(16-13(15)19(8)6)9(2)20-7-10(17-18-20)12(21)22-14(3,4)5/h7,9H,1-6H3. The molecule has 7 nitrogen and oxygen atoms in total. The second-order valence-corrected chi connectivity index (χ2v) is 6.88. The molecule has 0 spiro atoms. The maximum atomic E-state index is 12.0. The Hall–Kier alpha value is -1.70. The first-order valence-electron chi connectivity index (χ1n) is 6.94. The summed E-state index contributed by atoms with van der Waals surface area (Å²) in [7, 11) is 1.93. The van der Waals surface area contributed by atoms with Gasteiger partial charge in [0, 0.05) is 12.7 Å². The van der Waals surface area contributed by atoms with Crippen molar-refractivity contribution in [3.63, 3.8) is 0 Å². The van der Waals surface area contributed by atoms with Crippen LogP contribution in [0.3, 0.4) is 0 Å². The number of carbonyl (C=O) groups excluding carboxylic acids is 1. The van der Waals surface area contributed by atoms with Crippen LogP contribution in [0.25, 0.3) is 0 Å². The molecule has 2 aromatic heterocycles. The molecule has 2 aromatic rings. The summed E-state index contributed by atoms with van der Waals surface area (Å²) < 4.78 is 9.59. The maximum absolute atomic E-state index is 12.0. The summed E-state index contributed by atoms with van der Waals surface area (Å²) in [5.74, 6) is -0.482. The monoisotopic (exact) mass is 369 g/mol. The Labute approximate surface area is 137 Å². The molecule has 22 heavy (non-hydrogen) atoms. The Morgan fingerprint density at radius 2 is 2.05 bits per heavy atom. The molecule has 0 aliphatic rings. The topological polar surface area (TPSA) is 74.8 Å². The van der Waals surface area contributed by atoms with Crippen LogP contribution in [0, 0.1) is 6.92 Å². The lowest BCUT2D eigenvalue weighted by Crippen LogP contribution is -2.24. The van der Waals surface area contributed by atoms with Gasteiger partial charge in [-0.25, -0.2) is 14.5 Å². The van der Waals surface area contributed by atoms with E-state index in [1.165, 1.54) is 0 Å². The zero-order valence-corrected chi connectivity index (χ0v) is 15.2. The predicted molar refractivity (Wildman–Crippen MR) is 84.6 cm³/mol. The highest BCUT2D eigenvalue weighted by Gasteiger charge is 2.23. The van der Waals surface area contributed by atoms with E-state index in [4.69, 9.17) is 4.74 Å². The van der Waals surface area contributed by atoms with E-state index in [9.17, 15) is 4.79 Å². The minimum Gasteiger partial charge on any atom is -0.455 e. The van der Waals surface area contributed by atoms with Gasteiger partial charge >= 0.3 is 5.97 Å². The van der Waals surface area contributed by atoms with Crippen molar-refractivity contribution >= 4 is 21.9 Å². The molecule has 0 amide bonds. The predicted octanol–water partition coefficient (Wildman–Crippen LogP) is 2.65.